The highest BCUT2D eigenvalue weighted by atomic mass is 79.9. The van der Waals surface area contributed by atoms with E-state index in [9.17, 15) is 9.59 Å². The van der Waals surface area contributed by atoms with Gasteiger partial charge in [0.2, 0.25) is 0 Å². The van der Waals surface area contributed by atoms with Crippen molar-refractivity contribution in [3.05, 3.63) is 93.1 Å². The maximum atomic E-state index is 12.6. The molecule has 144 valence electrons. The summed E-state index contributed by atoms with van der Waals surface area (Å²) in [7, 11) is 1.59. The van der Waals surface area contributed by atoms with E-state index in [1.165, 1.54) is 12.1 Å². The second-order valence-corrected chi connectivity index (χ2v) is 7.18. The van der Waals surface area contributed by atoms with Crippen LogP contribution < -0.4 is 14.9 Å². The highest BCUT2D eigenvalue weighted by Gasteiger charge is 2.12. The first-order valence-electron chi connectivity index (χ1n) is 8.73. The van der Waals surface area contributed by atoms with Crippen LogP contribution >= 0.6 is 15.9 Å². The molecule has 6 heteroatoms. The molecule has 0 aliphatic carbocycles. The van der Waals surface area contributed by atoms with E-state index in [0.717, 1.165) is 10.0 Å². The number of carbonyl (C=O) groups is 1. The predicted molar refractivity (Wildman–Crippen MR) is 114 cm³/mol. The molecule has 0 saturated carbocycles. The average Bonchev–Trinajstić information content (AvgIpc) is 2.74. The Kier molecular flexibility index (Phi) is 5.18. The van der Waals surface area contributed by atoms with Crippen molar-refractivity contribution in [2.45, 2.75) is 0 Å². The number of fused-ring (bicyclic) bond motifs is 1. The number of halogens is 1. The molecule has 1 heterocycles. The summed E-state index contributed by atoms with van der Waals surface area (Å²) in [6.45, 7) is 0. The van der Waals surface area contributed by atoms with Gasteiger partial charge in [-0.05, 0) is 60.7 Å². The van der Waals surface area contributed by atoms with Crippen LogP contribution in [-0.2, 0) is 0 Å². The Labute approximate surface area is 174 Å². The van der Waals surface area contributed by atoms with Crippen molar-refractivity contribution in [2.24, 2.45) is 0 Å². The largest absolute Gasteiger partial charge is 0.497 e. The van der Waals surface area contributed by atoms with Gasteiger partial charge in [0.05, 0.1) is 18.1 Å². The zero-order valence-electron chi connectivity index (χ0n) is 15.3. The van der Waals surface area contributed by atoms with Crippen molar-refractivity contribution in [2.75, 3.05) is 7.11 Å². The molecule has 0 spiro atoms. The number of hydrogen-bond acceptors (Lipinski definition) is 5. The molecule has 0 radical (unpaired) electrons. The van der Waals surface area contributed by atoms with Crippen molar-refractivity contribution in [3.63, 3.8) is 0 Å². The minimum atomic E-state index is -0.509. The third-order valence-corrected chi connectivity index (χ3v) is 4.84. The van der Waals surface area contributed by atoms with E-state index in [1.54, 1.807) is 49.6 Å². The predicted octanol–water partition coefficient (Wildman–Crippen LogP) is 5.45. The molecule has 5 nitrogen and oxygen atoms in total. The van der Waals surface area contributed by atoms with Gasteiger partial charge in [-0.15, -0.1) is 0 Å². The number of methoxy groups -OCH3 is 1. The van der Waals surface area contributed by atoms with Crippen LogP contribution in [0.5, 0.6) is 11.5 Å². The van der Waals surface area contributed by atoms with Gasteiger partial charge in [0.25, 0.3) is 0 Å². The van der Waals surface area contributed by atoms with E-state index in [4.69, 9.17) is 13.9 Å². The van der Waals surface area contributed by atoms with Crippen molar-refractivity contribution in [3.8, 4) is 22.8 Å². The lowest BCUT2D eigenvalue weighted by atomic mass is 10.1. The summed E-state index contributed by atoms with van der Waals surface area (Å²) in [5.74, 6) is 0.926. The molecule has 0 N–H and O–H groups in total. The molecule has 0 atom stereocenters. The number of carbonyl (C=O) groups excluding carboxylic acids is 1. The van der Waals surface area contributed by atoms with Gasteiger partial charge in [0.15, 0.2) is 5.43 Å². The van der Waals surface area contributed by atoms with Gasteiger partial charge in [0, 0.05) is 16.1 Å². The molecular formula is C23H15BrO5. The van der Waals surface area contributed by atoms with Crippen LogP contribution in [0.1, 0.15) is 10.4 Å². The second-order valence-electron chi connectivity index (χ2n) is 6.26. The minimum absolute atomic E-state index is 0.225. The summed E-state index contributed by atoms with van der Waals surface area (Å²) in [6.07, 6.45) is 0. The van der Waals surface area contributed by atoms with Gasteiger partial charge in [0.1, 0.15) is 22.8 Å². The Hall–Kier alpha value is -3.38. The standard InChI is InChI=1S/C23H15BrO5/c1-27-17-7-5-14(6-8-17)22-13-20(25)19-12-18(9-10-21(19)29-22)28-23(26)15-3-2-4-16(24)11-15/h2-13H,1H3. The fourth-order valence-corrected chi connectivity index (χ4v) is 3.28. The molecule has 29 heavy (non-hydrogen) atoms. The van der Waals surface area contributed by atoms with Crippen LogP contribution in [0.2, 0.25) is 0 Å². The molecule has 4 aromatic rings. The van der Waals surface area contributed by atoms with Crippen molar-refractivity contribution >= 4 is 32.9 Å². The van der Waals surface area contributed by atoms with E-state index in [1.807, 2.05) is 18.2 Å². The molecular weight excluding hydrogens is 436 g/mol. The Bertz CT molecular complexity index is 1260. The van der Waals surface area contributed by atoms with Gasteiger partial charge in [-0.2, -0.15) is 0 Å². The molecule has 0 unspecified atom stereocenters. The summed E-state index contributed by atoms with van der Waals surface area (Å²) in [5, 5.41) is 0.335. The van der Waals surface area contributed by atoms with Crippen molar-refractivity contribution < 1.29 is 18.7 Å². The first-order chi connectivity index (χ1) is 14.0. The lowest BCUT2D eigenvalue weighted by molar-refractivity contribution is 0.0735. The molecule has 0 saturated heterocycles. The fourth-order valence-electron chi connectivity index (χ4n) is 2.88. The average molecular weight is 451 g/mol. The fraction of sp³-hybridized carbons (Fsp3) is 0.0435. The van der Waals surface area contributed by atoms with E-state index >= 15 is 0 Å². The van der Waals surface area contributed by atoms with Crippen LogP contribution in [0, 0.1) is 0 Å². The van der Waals surface area contributed by atoms with Crippen LogP contribution in [0.3, 0.4) is 0 Å². The minimum Gasteiger partial charge on any atom is -0.497 e. The second kappa shape index (κ2) is 7.93. The molecule has 0 bridgehead atoms. The van der Waals surface area contributed by atoms with Gasteiger partial charge >= 0.3 is 5.97 Å². The third-order valence-electron chi connectivity index (χ3n) is 4.34. The zero-order valence-corrected chi connectivity index (χ0v) is 16.9. The van der Waals surface area contributed by atoms with E-state index < -0.39 is 5.97 Å². The molecule has 0 amide bonds. The highest BCUT2D eigenvalue weighted by Crippen LogP contribution is 2.26. The lowest BCUT2D eigenvalue weighted by Gasteiger charge is -2.07. The molecule has 0 aliphatic heterocycles. The summed E-state index contributed by atoms with van der Waals surface area (Å²) in [5.41, 5.74) is 1.35. The molecule has 0 fully saturated rings. The van der Waals surface area contributed by atoms with Gasteiger partial charge < -0.3 is 13.9 Å². The van der Waals surface area contributed by atoms with Crippen LogP contribution in [0.4, 0.5) is 0 Å². The van der Waals surface area contributed by atoms with E-state index in [-0.39, 0.29) is 11.2 Å². The van der Waals surface area contributed by atoms with Crippen molar-refractivity contribution in [1.29, 1.82) is 0 Å². The molecule has 0 aliphatic rings. The Morgan fingerprint density at radius 2 is 1.69 bits per heavy atom. The first-order valence-corrected chi connectivity index (χ1v) is 9.53. The zero-order chi connectivity index (χ0) is 20.4. The molecule has 3 aromatic carbocycles. The van der Waals surface area contributed by atoms with Crippen molar-refractivity contribution in [1.82, 2.24) is 0 Å². The smallest absolute Gasteiger partial charge is 0.343 e. The number of ether oxygens (including phenoxy) is 2. The number of esters is 1. The number of hydrogen-bond donors (Lipinski definition) is 0. The van der Waals surface area contributed by atoms with Crippen LogP contribution in [0.15, 0.2) is 86.5 Å². The summed E-state index contributed by atoms with van der Waals surface area (Å²) in [4.78, 5) is 24.9. The maximum absolute atomic E-state index is 12.6. The van der Waals surface area contributed by atoms with Crippen LogP contribution in [-0.4, -0.2) is 13.1 Å². The Morgan fingerprint density at radius 3 is 2.41 bits per heavy atom. The molecule has 1 aromatic heterocycles. The summed E-state index contributed by atoms with van der Waals surface area (Å²) in [6, 6.07) is 20.3. The summed E-state index contributed by atoms with van der Waals surface area (Å²) < 4.78 is 17.2. The maximum Gasteiger partial charge on any atom is 0.343 e. The van der Waals surface area contributed by atoms with E-state index in [2.05, 4.69) is 15.9 Å². The van der Waals surface area contributed by atoms with Gasteiger partial charge in [-0.3, -0.25) is 4.79 Å². The van der Waals surface area contributed by atoms with Gasteiger partial charge in [-0.25, -0.2) is 4.79 Å². The lowest BCUT2D eigenvalue weighted by Crippen LogP contribution is -2.09. The first kappa shape index (κ1) is 19.0. The third kappa shape index (κ3) is 4.07. The summed E-state index contributed by atoms with van der Waals surface area (Å²) >= 11 is 3.32. The SMILES string of the molecule is COc1ccc(-c2cc(=O)c3cc(OC(=O)c4cccc(Br)c4)ccc3o2)cc1. The van der Waals surface area contributed by atoms with Gasteiger partial charge in [-0.1, -0.05) is 22.0 Å². The molecule has 4 rings (SSSR count). The van der Waals surface area contributed by atoms with E-state index in [0.29, 0.717) is 28.0 Å². The number of benzene rings is 3. The number of rotatable bonds is 4. The highest BCUT2D eigenvalue weighted by molar-refractivity contribution is 9.10. The normalized spacial score (nSPS) is 10.7. The quantitative estimate of drug-likeness (QED) is 0.305. The Balaban J connectivity index is 1.65. The topological polar surface area (TPSA) is 65.7 Å². The Morgan fingerprint density at radius 1 is 0.931 bits per heavy atom. The van der Waals surface area contributed by atoms with Crippen LogP contribution in [0.25, 0.3) is 22.3 Å². The monoisotopic (exact) mass is 450 g/mol.